The van der Waals surface area contributed by atoms with Gasteiger partial charge in [-0.3, -0.25) is 4.79 Å². The van der Waals surface area contributed by atoms with E-state index in [-0.39, 0.29) is 11.5 Å². The van der Waals surface area contributed by atoms with Crippen LogP contribution >= 0.6 is 0 Å². The zero-order chi connectivity index (χ0) is 23.6. The number of hydrogen-bond acceptors (Lipinski definition) is 3. The van der Waals surface area contributed by atoms with E-state index in [4.69, 9.17) is 0 Å². The average Bonchev–Trinajstić information content (AvgIpc) is 2.86. The molecule has 168 valence electrons. The predicted octanol–water partition coefficient (Wildman–Crippen LogP) is 6.38. The molecule has 0 aromatic heterocycles. The minimum absolute atomic E-state index is 0.0901. The summed E-state index contributed by atoms with van der Waals surface area (Å²) in [7, 11) is 0. The van der Waals surface area contributed by atoms with E-state index in [2.05, 4.69) is 49.2 Å². The lowest BCUT2D eigenvalue weighted by molar-refractivity contribution is -0.112. The Hall–Kier alpha value is -3.84. The fourth-order valence-electron chi connectivity index (χ4n) is 3.87. The molecule has 1 amide bonds. The number of para-hydroxylation sites is 1. The summed E-state index contributed by atoms with van der Waals surface area (Å²) in [4.78, 5) is 15.2. The van der Waals surface area contributed by atoms with Crippen molar-refractivity contribution >= 4 is 23.4 Å². The fraction of sp³-hybridized carbons (Fsp3) is 0.241. The average molecular weight is 438 g/mol. The van der Waals surface area contributed by atoms with Gasteiger partial charge in [0.05, 0.1) is 0 Å². The predicted molar refractivity (Wildman–Crippen MR) is 137 cm³/mol. The second kappa shape index (κ2) is 11.7. The van der Waals surface area contributed by atoms with E-state index < -0.39 is 0 Å². The van der Waals surface area contributed by atoms with Crippen LogP contribution in [0.25, 0.3) is 6.08 Å². The molecule has 3 aromatic carbocycles. The van der Waals surface area contributed by atoms with Crippen molar-refractivity contribution in [1.82, 2.24) is 0 Å². The highest BCUT2D eigenvalue weighted by Crippen LogP contribution is 2.24. The summed E-state index contributed by atoms with van der Waals surface area (Å²) in [6, 6.07) is 26.4. The Kier molecular flexibility index (Phi) is 8.43. The van der Waals surface area contributed by atoms with Crippen LogP contribution in [0.15, 0.2) is 78.4 Å². The second-order valence-corrected chi connectivity index (χ2v) is 7.87. The largest absolute Gasteiger partial charge is 0.367 e. The Morgan fingerprint density at radius 1 is 0.909 bits per heavy atom. The summed E-state index contributed by atoms with van der Waals surface area (Å²) < 4.78 is 0. The van der Waals surface area contributed by atoms with E-state index in [0.29, 0.717) is 0 Å². The monoisotopic (exact) mass is 437 g/mol. The van der Waals surface area contributed by atoms with E-state index in [1.165, 1.54) is 5.56 Å². The van der Waals surface area contributed by atoms with Crippen LogP contribution in [0.1, 0.15) is 43.0 Å². The summed E-state index contributed by atoms with van der Waals surface area (Å²) >= 11 is 0. The Morgan fingerprint density at radius 2 is 1.55 bits per heavy atom. The van der Waals surface area contributed by atoms with Gasteiger partial charge in [0.2, 0.25) is 0 Å². The number of nitriles is 1. The molecule has 4 nitrogen and oxygen atoms in total. The van der Waals surface area contributed by atoms with Crippen LogP contribution in [0.4, 0.5) is 11.4 Å². The SMILES string of the molecule is CCc1cccc(CC)c1NC(=O)C(C#N)=Cc1ccc(N(CC)Cc2ccccc2)cc1. The maximum absolute atomic E-state index is 12.9. The number of rotatable bonds is 9. The van der Waals surface area contributed by atoms with E-state index in [0.717, 1.165) is 54.0 Å². The number of anilines is 2. The van der Waals surface area contributed by atoms with Gasteiger partial charge < -0.3 is 10.2 Å². The lowest BCUT2D eigenvalue weighted by Gasteiger charge is -2.23. The molecule has 0 unspecified atom stereocenters. The zero-order valence-corrected chi connectivity index (χ0v) is 19.6. The minimum Gasteiger partial charge on any atom is -0.367 e. The van der Waals surface area contributed by atoms with E-state index in [1.54, 1.807) is 6.08 Å². The number of carbonyl (C=O) groups excluding carboxylic acids is 1. The van der Waals surface area contributed by atoms with Crippen LogP contribution in [0.5, 0.6) is 0 Å². The van der Waals surface area contributed by atoms with Crippen molar-refractivity contribution in [2.24, 2.45) is 0 Å². The number of aryl methyl sites for hydroxylation is 2. The molecule has 0 aliphatic carbocycles. The Balaban J connectivity index is 1.78. The molecule has 33 heavy (non-hydrogen) atoms. The molecule has 0 saturated carbocycles. The number of carbonyl (C=O) groups is 1. The van der Waals surface area contributed by atoms with Gasteiger partial charge in [-0.15, -0.1) is 0 Å². The molecule has 0 bridgehead atoms. The molecule has 0 fully saturated rings. The van der Waals surface area contributed by atoms with Gasteiger partial charge in [0, 0.05) is 24.5 Å². The highest BCUT2D eigenvalue weighted by molar-refractivity contribution is 6.10. The molecule has 3 aromatic rings. The van der Waals surface area contributed by atoms with Crippen LogP contribution in [-0.2, 0) is 24.2 Å². The molecule has 0 spiro atoms. The molecule has 4 heteroatoms. The first-order valence-corrected chi connectivity index (χ1v) is 11.5. The van der Waals surface area contributed by atoms with Gasteiger partial charge >= 0.3 is 0 Å². The summed E-state index contributed by atoms with van der Waals surface area (Å²) in [5, 5.41) is 12.6. The van der Waals surface area contributed by atoms with Gasteiger partial charge in [0.15, 0.2) is 0 Å². The van der Waals surface area contributed by atoms with Crippen molar-refractivity contribution in [3.8, 4) is 6.07 Å². The highest BCUT2D eigenvalue weighted by atomic mass is 16.1. The van der Waals surface area contributed by atoms with Crippen molar-refractivity contribution in [3.05, 3.63) is 101 Å². The van der Waals surface area contributed by atoms with Crippen LogP contribution in [-0.4, -0.2) is 12.5 Å². The lowest BCUT2D eigenvalue weighted by Crippen LogP contribution is -2.21. The van der Waals surface area contributed by atoms with Gasteiger partial charge in [-0.1, -0.05) is 74.5 Å². The van der Waals surface area contributed by atoms with Crippen LogP contribution < -0.4 is 10.2 Å². The maximum atomic E-state index is 12.9. The van der Waals surface area contributed by atoms with Gasteiger partial charge in [-0.2, -0.15) is 5.26 Å². The molecule has 0 atom stereocenters. The van der Waals surface area contributed by atoms with Gasteiger partial charge in [0.1, 0.15) is 11.6 Å². The highest BCUT2D eigenvalue weighted by Gasteiger charge is 2.14. The maximum Gasteiger partial charge on any atom is 0.266 e. The number of hydrogen-bond donors (Lipinski definition) is 1. The van der Waals surface area contributed by atoms with Crippen molar-refractivity contribution in [2.45, 2.75) is 40.2 Å². The summed E-state index contributed by atoms with van der Waals surface area (Å²) in [5.41, 5.74) is 6.23. The summed E-state index contributed by atoms with van der Waals surface area (Å²) in [6.45, 7) is 7.96. The van der Waals surface area contributed by atoms with Crippen molar-refractivity contribution in [2.75, 3.05) is 16.8 Å². The third-order valence-electron chi connectivity index (χ3n) is 5.77. The Bertz CT molecular complexity index is 1120. The third-order valence-corrected chi connectivity index (χ3v) is 5.77. The first kappa shape index (κ1) is 23.8. The molecule has 0 aliphatic heterocycles. The topological polar surface area (TPSA) is 56.1 Å². The Morgan fingerprint density at radius 3 is 2.09 bits per heavy atom. The second-order valence-electron chi connectivity index (χ2n) is 7.87. The molecular formula is C29H31N3O. The first-order chi connectivity index (χ1) is 16.1. The zero-order valence-electron chi connectivity index (χ0n) is 19.6. The van der Waals surface area contributed by atoms with Gasteiger partial charge in [-0.25, -0.2) is 0 Å². The third kappa shape index (κ3) is 6.11. The van der Waals surface area contributed by atoms with E-state index in [9.17, 15) is 10.1 Å². The summed E-state index contributed by atoms with van der Waals surface area (Å²) in [6.07, 6.45) is 3.27. The minimum atomic E-state index is -0.378. The molecule has 0 heterocycles. The fourth-order valence-corrected chi connectivity index (χ4v) is 3.87. The lowest BCUT2D eigenvalue weighted by atomic mass is 10.0. The summed E-state index contributed by atoms with van der Waals surface area (Å²) in [5.74, 6) is -0.378. The standard InChI is InChI=1S/C29H31N3O/c1-4-24-13-10-14-25(5-2)28(24)31-29(33)26(20-30)19-22-15-17-27(18-16-22)32(6-3)21-23-11-8-7-9-12-23/h7-19H,4-6,21H2,1-3H3,(H,31,33). The molecule has 0 saturated heterocycles. The normalized spacial score (nSPS) is 11.0. The number of nitrogens with zero attached hydrogens (tertiary/aromatic N) is 2. The first-order valence-electron chi connectivity index (χ1n) is 11.5. The van der Waals surface area contributed by atoms with E-state index >= 15 is 0 Å². The van der Waals surface area contributed by atoms with Crippen molar-refractivity contribution in [1.29, 1.82) is 5.26 Å². The van der Waals surface area contributed by atoms with Gasteiger partial charge in [0.25, 0.3) is 5.91 Å². The van der Waals surface area contributed by atoms with Gasteiger partial charge in [-0.05, 0) is 60.2 Å². The van der Waals surface area contributed by atoms with Crippen LogP contribution in [0.2, 0.25) is 0 Å². The molecule has 3 rings (SSSR count). The van der Waals surface area contributed by atoms with Crippen molar-refractivity contribution in [3.63, 3.8) is 0 Å². The van der Waals surface area contributed by atoms with Crippen LogP contribution in [0, 0.1) is 11.3 Å². The molecule has 0 radical (unpaired) electrons. The quantitative estimate of drug-likeness (QED) is 0.312. The Labute approximate surface area is 197 Å². The van der Waals surface area contributed by atoms with E-state index in [1.807, 2.05) is 60.7 Å². The number of nitrogens with one attached hydrogen (secondary N) is 1. The molecule has 0 aliphatic rings. The molecular weight excluding hydrogens is 406 g/mol. The van der Waals surface area contributed by atoms with Crippen molar-refractivity contribution < 1.29 is 4.79 Å². The number of benzene rings is 3. The smallest absolute Gasteiger partial charge is 0.266 e. The number of amides is 1. The molecule has 1 N–H and O–H groups in total. The van der Waals surface area contributed by atoms with Crippen LogP contribution in [0.3, 0.4) is 0 Å².